The molecule has 0 spiro atoms. The molecule has 234 valence electrons. The number of aromatic nitrogens is 8. The van der Waals surface area contributed by atoms with Gasteiger partial charge in [0.25, 0.3) is 5.56 Å². The third kappa shape index (κ3) is 4.87. The van der Waals surface area contributed by atoms with Gasteiger partial charge in [-0.2, -0.15) is 0 Å². The molecule has 1 aliphatic carbocycles. The molecule has 0 amide bonds. The van der Waals surface area contributed by atoms with Crippen molar-refractivity contribution in [3.63, 3.8) is 0 Å². The molecule has 2 aliphatic heterocycles. The van der Waals surface area contributed by atoms with E-state index in [-0.39, 0.29) is 40.4 Å². The summed E-state index contributed by atoms with van der Waals surface area (Å²) < 4.78 is 70.9. The highest BCUT2D eigenvalue weighted by atomic mass is 31.2. The lowest BCUT2D eigenvalue weighted by molar-refractivity contribution is -0.00199. The zero-order chi connectivity index (χ0) is 31.0. The summed E-state index contributed by atoms with van der Waals surface area (Å²) in [6, 6.07) is -1.07. The molecule has 4 aromatic heterocycles. The number of alkyl halides is 1. The van der Waals surface area contributed by atoms with E-state index in [0.717, 1.165) is 17.2 Å². The maximum Gasteiger partial charge on any atom is 0.473 e. The van der Waals surface area contributed by atoms with Gasteiger partial charge in [0.05, 0.1) is 31.9 Å². The predicted octanol–water partition coefficient (Wildman–Crippen LogP) is 0.542. The molecule has 2 fully saturated rings. The lowest BCUT2D eigenvalue weighted by Crippen LogP contribution is -2.32. The number of hydrogen-bond donors (Lipinski definition) is 5. The molecule has 1 saturated heterocycles. The van der Waals surface area contributed by atoms with Gasteiger partial charge in [0, 0.05) is 5.92 Å². The van der Waals surface area contributed by atoms with Crippen molar-refractivity contribution in [3.8, 4) is 0 Å². The first-order chi connectivity index (χ1) is 20.9. The Morgan fingerprint density at radius 3 is 2.57 bits per heavy atom. The Morgan fingerprint density at radius 2 is 1.75 bits per heavy atom. The topological polar surface area (TPSA) is 274 Å². The highest BCUT2D eigenvalue weighted by Gasteiger charge is 2.52. The largest absolute Gasteiger partial charge is 0.505 e. The van der Waals surface area contributed by atoms with Crippen LogP contribution in [0.5, 0.6) is 0 Å². The molecule has 2 bridgehead atoms. The van der Waals surface area contributed by atoms with Crippen LogP contribution in [0.1, 0.15) is 12.5 Å². The number of nitrogens with zero attached hydrogens (tertiary/aromatic N) is 7. The van der Waals surface area contributed by atoms with E-state index >= 15 is 4.39 Å². The first kappa shape index (κ1) is 28.9. The molecule has 20 nitrogen and oxygen atoms in total. The summed E-state index contributed by atoms with van der Waals surface area (Å²) in [6.45, 7) is -1.57. The van der Waals surface area contributed by atoms with Gasteiger partial charge >= 0.3 is 15.6 Å². The first-order valence-electron chi connectivity index (χ1n) is 12.8. The first-order valence-corrected chi connectivity index (χ1v) is 15.8. The van der Waals surface area contributed by atoms with E-state index in [4.69, 9.17) is 28.6 Å². The van der Waals surface area contributed by atoms with Crippen LogP contribution in [0.25, 0.3) is 28.2 Å². The van der Waals surface area contributed by atoms with Crippen LogP contribution in [0.2, 0.25) is 0 Å². The molecule has 1 saturated carbocycles. The number of phosphoric acid groups is 2. The maximum absolute atomic E-state index is 15.8. The molecule has 5 unspecified atom stereocenters. The number of anilines is 1. The average molecular weight is 657 g/mol. The van der Waals surface area contributed by atoms with Gasteiger partial charge < -0.3 is 34.9 Å². The smallest absolute Gasteiger partial charge is 0.473 e. The van der Waals surface area contributed by atoms with Gasteiger partial charge in [0.2, 0.25) is 5.88 Å². The number of imidazole rings is 2. The van der Waals surface area contributed by atoms with Crippen molar-refractivity contribution in [1.82, 2.24) is 39.0 Å². The fraction of sp³-hybridized carbons (Fsp3) is 0.429. The zero-order valence-corrected chi connectivity index (χ0v) is 23.8. The van der Waals surface area contributed by atoms with E-state index in [1.807, 2.05) is 0 Å². The van der Waals surface area contributed by atoms with Crippen molar-refractivity contribution in [2.24, 2.45) is 5.92 Å². The van der Waals surface area contributed by atoms with Crippen molar-refractivity contribution in [2.45, 2.75) is 36.9 Å². The summed E-state index contributed by atoms with van der Waals surface area (Å²) in [5.74, 6) is -2.27. The van der Waals surface area contributed by atoms with E-state index in [1.54, 1.807) is 0 Å². The lowest BCUT2D eigenvalue weighted by Gasteiger charge is -2.26. The summed E-state index contributed by atoms with van der Waals surface area (Å²) in [4.78, 5) is 55.7. The lowest BCUT2D eigenvalue weighted by atomic mass is 10.1. The molecule has 7 rings (SSSR count). The Kier molecular flexibility index (Phi) is 6.83. The molecule has 4 aromatic rings. The van der Waals surface area contributed by atoms with Crippen LogP contribution in [0.3, 0.4) is 0 Å². The van der Waals surface area contributed by atoms with Crippen LogP contribution in [-0.4, -0.2) is 91.6 Å². The van der Waals surface area contributed by atoms with E-state index < -0.39 is 76.6 Å². The van der Waals surface area contributed by atoms with Gasteiger partial charge in [0.15, 0.2) is 46.1 Å². The predicted molar refractivity (Wildman–Crippen MR) is 142 cm³/mol. The number of hydrogen-bond acceptors (Lipinski definition) is 15. The quantitative estimate of drug-likeness (QED) is 0.184. The van der Waals surface area contributed by atoms with Crippen LogP contribution in [0.4, 0.5) is 10.2 Å². The molecular weight excluding hydrogens is 635 g/mol. The monoisotopic (exact) mass is 657 g/mol. The van der Waals surface area contributed by atoms with Crippen molar-refractivity contribution in [3.05, 3.63) is 41.4 Å². The Hall–Kier alpha value is -3.81. The van der Waals surface area contributed by atoms with E-state index in [9.17, 15) is 28.8 Å². The van der Waals surface area contributed by atoms with Crippen LogP contribution in [-0.2, 0) is 32.0 Å². The molecule has 0 radical (unpaired) electrons. The second-order valence-corrected chi connectivity index (χ2v) is 12.9. The third-order valence-corrected chi connectivity index (χ3v) is 9.39. The molecule has 6 N–H and O–H groups in total. The number of H-pyrrole nitrogens is 1. The molecule has 8 atom stereocenters. The highest BCUT2D eigenvalue weighted by molar-refractivity contribution is 7.47. The van der Waals surface area contributed by atoms with Crippen LogP contribution in [0.15, 0.2) is 35.9 Å². The Labute approximate surface area is 243 Å². The number of nitrogens with one attached hydrogen (secondary N) is 1. The van der Waals surface area contributed by atoms with Crippen molar-refractivity contribution in [1.29, 1.82) is 0 Å². The van der Waals surface area contributed by atoms with Crippen molar-refractivity contribution >= 4 is 49.7 Å². The Morgan fingerprint density at radius 1 is 1.00 bits per heavy atom. The fourth-order valence-corrected chi connectivity index (χ4v) is 7.34. The van der Waals surface area contributed by atoms with Gasteiger partial charge in [-0.25, -0.2) is 43.0 Å². The number of phosphoric ester groups is 2. The van der Waals surface area contributed by atoms with Crippen LogP contribution < -0.4 is 11.3 Å². The number of halogens is 1. The molecule has 3 aliphatic rings. The van der Waals surface area contributed by atoms with E-state index in [1.165, 1.54) is 17.2 Å². The number of aromatic amines is 1. The maximum atomic E-state index is 15.8. The molecular formula is C21H22FN9O11P2. The van der Waals surface area contributed by atoms with Gasteiger partial charge in [-0.3, -0.25) is 22.9 Å². The number of aliphatic hydroxyl groups excluding tert-OH is 1. The molecule has 23 heteroatoms. The van der Waals surface area contributed by atoms with E-state index in [0.29, 0.717) is 0 Å². The summed E-state index contributed by atoms with van der Waals surface area (Å²) in [5.41, 5.74) is 5.46. The van der Waals surface area contributed by atoms with Crippen LogP contribution in [0, 0.1) is 5.92 Å². The minimum atomic E-state index is -5.10. The minimum Gasteiger partial charge on any atom is -0.505 e. The van der Waals surface area contributed by atoms with Crippen LogP contribution >= 0.6 is 15.6 Å². The Bertz CT molecular complexity index is 1970. The normalized spacial score (nSPS) is 34.8. The molecule has 6 heterocycles. The second-order valence-electron chi connectivity index (χ2n) is 10.1. The third-order valence-electron chi connectivity index (χ3n) is 7.44. The molecule has 0 aromatic carbocycles. The second kappa shape index (κ2) is 10.4. The Balaban J connectivity index is 1.22. The number of ether oxygens (including phenoxy) is 1. The number of fused-ring (bicyclic) bond motifs is 5. The van der Waals surface area contributed by atoms with Gasteiger partial charge in [0.1, 0.15) is 24.9 Å². The summed E-state index contributed by atoms with van der Waals surface area (Å²) in [7, 11) is -10.1. The van der Waals surface area contributed by atoms with Crippen molar-refractivity contribution < 1.29 is 51.2 Å². The summed E-state index contributed by atoms with van der Waals surface area (Å²) in [5, 5.41) is 11.0. The SMILES string of the molecule is Nc1ncnc2c1ncn2C1=C(O)C2OP(=O)(O)OC[C@H]3C[C@@H](n4cnc5c(=O)[nH]cnc54)C(OP(=O)(O)OC[C@H]2O1)C3F. The van der Waals surface area contributed by atoms with Gasteiger partial charge in [-0.1, -0.05) is 0 Å². The average Bonchev–Trinajstić information content (AvgIpc) is 3.73. The van der Waals surface area contributed by atoms with Gasteiger partial charge in [-0.15, -0.1) is 0 Å². The fourth-order valence-electron chi connectivity index (χ4n) is 5.42. The summed E-state index contributed by atoms with van der Waals surface area (Å²) in [6.07, 6.45) is -2.55. The van der Waals surface area contributed by atoms with Crippen molar-refractivity contribution in [2.75, 3.05) is 18.9 Å². The number of nitrogen functional groups attached to an aromatic ring is 1. The summed E-state index contributed by atoms with van der Waals surface area (Å²) >= 11 is 0. The highest BCUT2D eigenvalue weighted by Crippen LogP contribution is 2.55. The number of nitrogens with two attached hydrogens (primary N) is 1. The van der Waals surface area contributed by atoms with E-state index in [2.05, 4.69) is 29.9 Å². The zero-order valence-electron chi connectivity index (χ0n) is 22.0. The number of rotatable bonds is 2. The standard InChI is InChI=1S/C21H22FN9O11P2/c22-11-8-1-9(30-6-29-13-19(30)26-5-27-20(13)33)15(11)41-44(36,37)39-3-10-16(42-43(34,35)38-2-8)14(32)21(40-10)31-7-28-12-17(23)24-4-25-18(12)31/h4-11,15-16,32H,1-3H2,(H,34,35)(H,36,37)(H2,23,24,25)(H,26,27,33)/t8-,9-,10-,11?,15?,16?/m1/s1. The molecule has 44 heavy (non-hydrogen) atoms. The van der Waals surface area contributed by atoms with Gasteiger partial charge in [-0.05, 0) is 6.42 Å². The number of aliphatic hydroxyl groups is 1. The minimum absolute atomic E-state index is 0.0194.